The largest absolute Gasteiger partial charge is 0.387 e. The number of benzene rings is 1. The van der Waals surface area contributed by atoms with Crippen molar-refractivity contribution in [1.82, 2.24) is 9.97 Å². The normalized spacial score (nSPS) is 21.1. The van der Waals surface area contributed by atoms with Gasteiger partial charge in [0.1, 0.15) is 5.84 Å². The number of nitrogens with one attached hydrogen (secondary N) is 1. The second-order valence-electron chi connectivity index (χ2n) is 5.06. The van der Waals surface area contributed by atoms with Gasteiger partial charge in [-0.25, -0.2) is 9.98 Å². The minimum absolute atomic E-state index is 0.118. The molecule has 2 aliphatic rings. The van der Waals surface area contributed by atoms with Crippen LogP contribution >= 0.6 is 0 Å². The lowest BCUT2D eigenvalue weighted by Gasteiger charge is -2.23. The number of rotatable bonds is 1. The van der Waals surface area contributed by atoms with Gasteiger partial charge in [0, 0.05) is 18.5 Å². The van der Waals surface area contributed by atoms with Gasteiger partial charge in [-0.2, -0.15) is 0 Å². The highest BCUT2D eigenvalue weighted by molar-refractivity contribution is 5.87. The molecule has 1 aliphatic carbocycles. The van der Waals surface area contributed by atoms with E-state index in [0.717, 1.165) is 30.1 Å². The lowest BCUT2D eigenvalue weighted by atomic mass is 9.83. The maximum Gasteiger partial charge on any atom is 0.103 e. The van der Waals surface area contributed by atoms with Gasteiger partial charge in [0.05, 0.1) is 23.6 Å². The number of aliphatic imine (C=N–C) groups is 1. The first-order chi connectivity index (χ1) is 9.33. The number of aromatic nitrogens is 2. The molecule has 1 unspecified atom stereocenters. The molecule has 19 heavy (non-hydrogen) atoms. The SMILES string of the molecule is NC1=NC2=C(C1)Cc1[nH]cnc1C2c1ccccc1. The Kier molecular flexibility index (Phi) is 2.12. The van der Waals surface area contributed by atoms with Gasteiger partial charge in [0.25, 0.3) is 0 Å². The Morgan fingerprint density at radius 1 is 1.16 bits per heavy atom. The molecule has 0 amide bonds. The third kappa shape index (κ3) is 1.53. The van der Waals surface area contributed by atoms with Crippen molar-refractivity contribution in [3.05, 3.63) is 64.9 Å². The number of H-pyrrole nitrogens is 1. The summed E-state index contributed by atoms with van der Waals surface area (Å²) in [4.78, 5) is 12.3. The molecule has 0 saturated heterocycles. The molecule has 3 N–H and O–H groups in total. The standard InChI is InChI=1S/C15H14N4/c16-12-7-10-6-11-15(18-8-17-11)13(14(10)19-12)9-4-2-1-3-5-9/h1-5,8,13H,6-7H2,(H2,16,19)(H,17,18). The van der Waals surface area contributed by atoms with E-state index in [1.807, 2.05) is 6.07 Å². The van der Waals surface area contributed by atoms with E-state index in [-0.39, 0.29) is 5.92 Å². The van der Waals surface area contributed by atoms with E-state index in [0.29, 0.717) is 0 Å². The molecule has 1 aliphatic heterocycles. The highest BCUT2D eigenvalue weighted by Gasteiger charge is 2.34. The van der Waals surface area contributed by atoms with Crippen LogP contribution in [0.2, 0.25) is 0 Å². The van der Waals surface area contributed by atoms with Gasteiger partial charge in [0.2, 0.25) is 0 Å². The minimum atomic E-state index is 0.118. The number of allylic oxidation sites excluding steroid dienone is 1. The van der Waals surface area contributed by atoms with E-state index >= 15 is 0 Å². The summed E-state index contributed by atoms with van der Waals surface area (Å²) in [6.07, 6.45) is 3.45. The van der Waals surface area contributed by atoms with Crippen LogP contribution in [0.3, 0.4) is 0 Å². The molecule has 0 fully saturated rings. The summed E-state index contributed by atoms with van der Waals surface area (Å²) in [6, 6.07) is 10.4. The molecule has 94 valence electrons. The van der Waals surface area contributed by atoms with Crippen molar-refractivity contribution in [1.29, 1.82) is 0 Å². The summed E-state index contributed by atoms with van der Waals surface area (Å²) >= 11 is 0. The van der Waals surface area contributed by atoms with Crippen LogP contribution in [-0.4, -0.2) is 15.8 Å². The molecule has 4 rings (SSSR count). The van der Waals surface area contributed by atoms with E-state index in [1.165, 1.54) is 16.8 Å². The fraction of sp³-hybridized carbons (Fsp3) is 0.200. The molecule has 1 aromatic heterocycles. The predicted molar refractivity (Wildman–Crippen MR) is 73.8 cm³/mol. The lowest BCUT2D eigenvalue weighted by molar-refractivity contribution is 0.813. The van der Waals surface area contributed by atoms with Crippen LogP contribution in [0, 0.1) is 0 Å². The van der Waals surface area contributed by atoms with Crippen LogP contribution in [0.4, 0.5) is 0 Å². The molecule has 2 heterocycles. The topological polar surface area (TPSA) is 67.1 Å². The molecule has 4 heteroatoms. The Morgan fingerprint density at radius 2 is 2.00 bits per heavy atom. The van der Waals surface area contributed by atoms with Crippen LogP contribution in [-0.2, 0) is 6.42 Å². The fourth-order valence-corrected chi connectivity index (χ4v) is 3.03. The summed E-state index contributed by atoms with van der Waals surface area (Å²) in [5.41, 5.74) is 11.8. The number of hydrogen-bond acceptors (Lipinski definition) is 3. The Labute approximate surface area is 111 Å². The van der Waals surface area contributed by atoms with Crippen molar-refractivity contribution in [2.45, 2.75) is 18.8 Å². The smallest absolute Gasteiger partial charge is 0.103 e. The van der Waals surface area contributed by atoms with Crippen LogP contribution in [0.5, 0.6) is 0 Å². The molecule has 0 spiro atoms. The fourth-order valence-electron chi connectivity index (χ4n) is 3.03. The minimum Gasteiger partial charge on any atom is -0.387 e. The molecule has 0 bridgehead atoms. The summed E-state index contributed by atoms with van der Waals surface area (Å²) in [5.74, 6) is 0.836. The van der Waals surface area contributed by atoms with Crippen molar-refractivity contribution in [3.63, 3.8) is 0 Å². The van der Waals surface area contributed by atoms with Crippen LogP contribution in [0.15, 0.2) is 52.9 Å². The maximum absolute atomic E-state index is 5.92. The van der Waals surface area contributed by atoms with Gasteiger partial charge >= 0.3 is 0 Å². The van der Waals surface area contributed by atoms with Crippen molar-refractivity contribution in [2.24, 2.45) is 10.7 Å². The zero-order valence-electron chi connectivity index (χ0n) is 10.4. The molecule has 2 aromatic rings. The molecule has 1 aromatic carbocycles. The van der Waals surface area contributed by atoms with Crippen molar-refractivity contribution < 1.29 is 0 Å². The summed E-state index contributed by atoms with van der Waals surface area (Å²) < 4.78 is 0. The van der Waals surface area contributed by atoms with E-state index in [2.05, 4.69) is 39.2 Å². The van der Waals surface area contributed by atoms with Gasteiger partial charge in [-0.05, 0) is 11.1 Å². The maximum atomic E-state index is 5.92. The zero-order valence-corrected chi connectivity index (χ0v) is 10.4. The monoisotopic (exact) mass is 250 g/mol. The predicted octanol–water partition coefficient (Wildman–Crippen LogP) is 2.11. The number of fused-ring (bicyclic) bond motifs is 1. The first-order valence-corrected chi connectivity index (χ1v) is 6.45. The highest BCUT2D eigenvalue weighted by Crippen LogP contribution is 2.42. The zero-order chi connectivity index (χ0) is 12.8. The van der Waals surface area contributed by atoms with Crippen LogP contribution < -0.4 is 5.73 Å². The number of hydrogen-bond donors (Lipinski definition) is 2. The third-order valence-electron chi connectivity index (χ3n) is 3.84. The molecule has 0 radical (unpaired) electrons. The van der Waals surface area contributed by atoms with Gasteiger partial charge in [-0.15, -0.1) is 0 Å². The summed E-state index contributed by atoms with van der Waals surface area (Å²) in [7, 11) is 0. The average molecular weight is 250 g/mol. The van der Waals surface area contributed by atoms with Gasteiger partial charge in [-0.3, -0.25) is 0 Å². The second-order valence-corrected chi connectivity index (χ2v) is 5.06. The molecule has 1 atom stereocenters. The first-order valence-electron chi connectivity index (χ1n) is 6.45. The number of nitrogens with two attached hydrogens (primary N) is 1. The van der Waals surface area contributed by atoms with Crippen LogP contribution in [0.25, 0.3) is 0 Å². The Bertz CT molecular complexity index is 694. The van der Waals surface area contributed by atoms with Crippen molar-refractivity contribution in [3.8, 4) is 0 Å². The summed E-state index contributed by atoms with van der Waals surface area (Å²) in [6.45, 7) is 0. The molecular weight excluding hydrogens is 236 g/mol. The van der Waals surface area contributed by atoms with E-state index < -0.39 is 0 Å². The molecule has 0 saturated carbocycles. The Hall–Kier alpha value is -2.36. The third-order valence-corrected chi connectivity index (χ3v) is 3.84. The van der Waals surface area contributed by atoms with Crippen LogP contribution in [0.1, 0.15) is 29.3 Å². The van der Waals surface area contributed by atoms with Gasteiger partial charge in [-0.1, -0.05) is 30.3 Å². The number of amidine groups is 1. The van der Waals surface area contributed by atoms with E-state index in [4.69, 9.17) is 5.73 Å². The molecule has 4 nitrogen and oxygen atoms in total. The Morgan fingerprint density at radius 3 is 2.84 bits per heavy atom. The van der Waals surface area contributed by atoms with Gasteiger partial charge in [0.15, 0.2) is 0 Å². The highest BCUT2D eigenvalue weighted by atomic mass is 15.0. The Balaban J connectivity index is 1.91. The van der Waals surface area contributed by atoms with Crippen molar-refractivity contribution >= 4 is 5.84 Å². The average Bonchev–Trinajstić information content (AvgIpc) is 3.01. The van der Waals surface area contributed by atoms with Gasteiger partial charge < -0.3 is 10.7 Å². The number of aromatic amines is 1. The number of imidazole rings is 1. The number of nitrogens with zero attached hydrogens (tertiary/aromatic N) is 2. The van der Waals surface area contributed by atoms with E-state index in [1.54, 1.807) is 6.33 Å². The second kappa shape index (κ2) is 3.82. The molecular formula is C15H14N4. The first kappa shape index (κ1) is 10.6. The summed E-state index contributed by atoms with van der Waals surface area (Å²) in [5, 5.41) is 0. The lowest BCUT2D eigenvalue weighted by Crippen LogP contribution is -2.13. The van der Waals surface area contributed by atoms with E-state index in [9.17, 15) is 0 Å². The van der Waals surface area contributed by atoms with Crippen molar-refractivity contribution in [2.75, 3.05) is 0 Å². The quantitative estimate of drug-likeness (QED) is 0.814.